The van der Waals surface area contributed by atoms with E-state index in [1.54, 1.807) is 0 Å². The summed E-state index contributed by atoms with van der Waals surface area (Å²) in [6.45, 7) is 7.29. The van der Waals surface area contributed by atoms with Crippen LogP contribution in [0.15, 0.2) is 30.3 Å². The number of carbonyl (C=O) groups is 1. The lowest BCUT2D eigenvalue weighted by Crippen LogP contribution is -2.37. The van der Waals surface area contributed by atoms with Gasteiger partial charge in [-0.3, -0.25) is 9.69 Å². The lowest BCUT2D eigenvalue weighted by molar-refractivity contribution is -0.124. The van der Waals surface area contributed by atoms with Gasteiger partial charge in [-0.1, -0.05) is 37.3 Å². The van der Waals surface area contributed by atoms with E-state index >= 15 is 0 Å². The predicted octanol–water partition coefficient (Wildman–Crippen LogP) is 2.03. The van der Waals surface area contributed by atoms with Gasteiger partial charge in [0, 0.05) is 45.2 Å². The van der Waals surface area contributed by atoms with Gasteiger partial charge in [-0.15, -0.1) is 0 Å². The maximum absolute atomic E-state index is 11.8. The fraction of sp³-hybridized carbons (Fsp3) is 0.650. The van der Waals surface area contributed by atoms with Crippen LogP contribution in [0.3, 0.4) is 0 Å². The van der Waals surface area contributed by atoms with E-state index in [0.717, 1.165) is 45.5 Å². The van der Waals surface area contributed by atoms with Crippen molar-refractivity contribution in [2.75, 3.05) is 39.8 Å². The zero-order valence-corrected chi connectivity index (χ0v) is 15.7. The largest absolute Gasteiger partial charge is 0.378 e. The number of piperidine rings is 1. The Morgan fingerprint density at radius 2 is 2.00 bits per heavy atom. The summed E-state index contributed by atoms with van der Waals surface area (Å²) in [6, 6.07) is 10.6. The molecule has 0 radical (unpaired) electrons. The maximum Gasteiger partial charge on any atom is 0.224 e. The minimum atomic E-state index is 0.0138. The first-order chi connectivity index (χ1) is 12.2. The van der Waals surface area contributed by atoms with Crippen LogP contribution in [0, 0.1) is 5.92 Å². The minimum absolute atomic E-state index is 0.0138. The number of nitrogens with one attached hydrogen (secondary N) is 2. The molecule has 1 heterocycles. The van der Waals surface area contributed by atoms with Gasteiger partial charge >= 0.3 is 0 Å². The van der Waals surface area contributed by atoms with E-state index in [2.05, 4.69) is 45.9 Å². The molecule has 1 aliphatic heterocycles. The molecule has 1 atom stereocenters. The van der Waals surface area contributed by atoms with E-state index in [9.17, 15) is 4.79 Å². The molecule has 0 aliphatic carbocycles. The van der Waals surface area contributed by atoms with Gasteiger partial charge in [0.15, 0.2) is 0 Å². The van der Waals surface area contributed by atoms with E-state index in [1.165, 1.54) is 5.56 Å². The van der Waals surface area contributed by atoms with Gasteiger partial charge in [0.2, 0.25) is 5.91 Å². The summed E-state index contributed by atoms with van der Waals surface area (Å²) in [5, 5.41) is 5.99. The second-order valence-corrected chi connectivity index (χ2v) is 6.94. The van der Waals surface area contributed by atoms with Gasteiger partial charge in [0.1, 0.15) is 0 Å². The zero-order valence-electron chi connectivity index (χ0n) is 15.7. The summed E-state index contributed by atoms with van der Waals surface area (Å²) < 4.78 is 5.98. The molecule has 0 spiro atoms. The van der Waals surface area contributed by atoms with E-state index in [1.807, 2.05) is 14.0 Å². The van der Waals surface area contributed by atoms with Crippen molar-refractivity contribution in [2.45, 2.75) is 38.8 Å². The number of nitrogens with zero attached hydrogens (tertiary/aromatic N) is 1. The quantitative estimate of drug-likeness (QED) is 0.636. The Morgan fingerprint density at radius 3 is 2.68 bits per heavy atom. The van der Waals surface area contributed by atoms with Crippen molar-refractivity contribution in [1.82, 2.24) is 15.5 Å². The highest BCUT2D eigenvalue weighted by atomic mass is 16.5. The van der Waals surface area contributed by atoms with E-state index in [4.69, 9.17) is 4.74 Å². The van der Waals surface area contributed by atoms with E-state index in [-0.39, 0.29) is 11.8 Å². The minimum Gasteiger partial charge on any atom is -0.378 e. The molecular formula is C20H33N3O2. The molecular weight excluding hydrogens is 314 g/mol. The van der Waals surface area contributed by atoms with Crippen molar-refractivity contribution in [1.29, 1.82) is 0 Å². The van der Waals surface area contributed by atoms with Crippen LogP contribution in [-0.4, -0.2) is 56.7 Å². The Hall–Kier alpha value is -1.43. The van der Waals surface area contributed by atoms with Gasteiger partial charge in [-0.05, 0) is 31.9 Å². The lowest BCUT2D eigenvalue weighted by atomic mass is 10.1. The van der Waals surface area contributed by atoms with Crippen molar-refractivity contribution in [3.05, 3.63) is 35.9 Å². The SMILES string of the molecule is CNCC(C)C(=O)NCCCOC1CCN(Cc2ccccc2)CC1. The number of rotatable bonds is 10. The molecule has 140 valence electrons. The number of carbonyl (C=O) groups excluding carboxylic acids is 1. The first kappa shape index (κ1) is 19.9. The number of amides is 1. The molecule has 1 aliphatic rings. The molecule has 0 bridgehead atoms. The summed E-state index contributed by atoms with van der Waals surface area (Å²) in [4.78, 5) is 14.3. The Morgan fingerprint density at radius 1 is 1.28 bits per heavy atom. The highest BCUT2D eigenvalue weighted by Crippen LogP contribution is 2.16. The van der Waals surface area contributed by atoms with Gasteiger partial charge in [-0.2, -0.15) is 0 Å². The molecule has 2 N–H and O–H groups in total. The topological polar surface area (TPSA) is 53.6 Å². The molecule has 1 unspecified atom stereocenters. The second-order valence-electron chi connectivity index (χ2n) is 6.94. The molecule has 2 rings (SSSR count). The first-order valence-corrected chi connectivity index (χ1v) is 9.49. The van der Waals surface area contributed by atoms with Crippen LogP contribution in [0.5, 0.6) is 0 Å². The third kappa shape index (κ3) is 7.55. The monoisotopic (exact) mass is 347 g/mol. The fourth-order valence-electron chi connectivity index (χ4n) is 3.18. The predicted molar refractivity (Wildman–Crippen MR) is 101 cm³/mol. The zero-order chi connectivity index (χ0) is 17.9. The molecule has 1 fully saturated rings. The van der Waals surface area contributed by atoms with Gasteiger partial charge in [-0.25, -0.2) is 0 Å². The Bertz CT molecular complexity index is 487. The van der Waals surface area contributed by atoms with E-state index < -0.39 is 0 Å². The molecule has 5 nitrogen and oxygen atoms in total. The molecule has 1 aromatic carbocycles. The molecule has 5 heteroatoms. The van der Waals surface area contributed by atoms with Crippen LogP contribution in [0.1, 0.15) is 31.7 Å². The molecule has 1 saturated heterocycles. The Labute approximate surface area is 152 Å². The number of hydrogen-bond donors (Lipinski definition) is 2. The van der Waals surface area contributed by atoms with Crippen LogP contribution >= 0.6 is 0 Å². The van der Waals surface area contributed by atoms with Crippen LogP contribution < -0.4 is 10.6 Å². The third-order valence-electron chi connectivity index (χ3n) is 4.72. The second kappa shape index (κ2) is 11.2. The van der Waals surface area contributed by atoms with Crippen LogP contribution in [-0.2, 0) is 16.1 Å². The molecule has 0 saturated carbocycles. The van der Waals surface area contributed by atoms with Crippen molar-refractivity contribution >= 4 is 5.91 Å². The standard InChI is InChI=1S/C20H33N3O2/c1-17(15-21-2)20(24)22-11-6-14-25-19-9-12-23(13-10-19)16-18-7-4-3-5-8-18/h3-5,7-8,17,19,21H,6,9-16H2,1-2H3,(H,22,24). The van der Waals surface area contributed by atoms with Crippen molar-refractivity contribution < 1.29 is 9.53 Å². The highest BCUT2D eigenvalue weighted by Gasteiger charge is 2.19. The fourth-order valence-corrected chi connectivity index (χ4v) is 3.18. The number of benzene rings is 1. The Kier molecular flexibility index (Phi) is 8.94. The van der Waals surface area contributed by atoms with Crippen LogP contribution in [0.4, 0.5) is 0 Å². The Balaban J connectivity index is 1.52. The normalized spacial score (nSPS) is 17.4. The van der Waals surface area contributed by atoms with Crippen molar-refractivity contribution in [2.24, 2.45) is 5.92 Å². The molecule has 25 heavy (non-hydrogen) atoms. The van der Waals surface area contributed by atoms with E-state index in [0.29, 0.717) is 19.2 Å². The summed E-state index contributed by atoms with van der Waals surface area (Å²) in [5.74, 6) is 0.128. The number of ether oxygens (including phenoxy) is 1. The summed E-state index contributed by atoms with van der Waals surface area (Å²) in [6.07, 6.45) is 3.44. The summed E-state index contributed by atoms with van der Waals surface area (Å²) in [7, 11) is 1.86. The van der Waals surface area contributed by atoms with Crippen molar-refractivity contribution in [3.63, 3.8) is 0 Å². The van der Waals surface area contributed by atoms with Crippen molar-refractivity contribution in [3.8, 4) is 0 Å². The average Bonchev–Trinajstić information content (AvgIpc) is 2.63. The van der Waals surface area contributed by atoms with Gasteiger partial charge in [0.25, 0.3) is 0 Å². The number of likely N-dealkylation sites (tertiary alicyclic amines) is 1. The lowest BCUT2D eigenvalue weighted by Gasteiger charge is -2.32. The van der Waals surface area contributed by atoms with Gasteiger partial charge < -0.3 is 15.4 Å². The number of hydrogen-bond acceptors (Lipinski definition) is 4. The van der Waals surface area contributed by atoms with Crippen LogP contribution in [0.2, 0.25) is 0 Å². The molecule has 1 amide bonds. The van der Waals surface area contributed by atoms with Crippen LogP contribution in [0.25, 0.3) is 0 Å². The molecule has 1 aromatic rings. The van der Waals surface area contributed by atoms with Gasteiger partial charge in [0.05, 0.1) is 6.10 Å². The molecule has 0 aromatic heterocycles. The smallest absolute Gasteiger partial charge is 0.224 e. The average molecular weight is 348 g/mol. The third-order valence-corrected chi connectivity index (χ3v) is 4.72. The summed E-state index contributed by atoms with van der Waals surface area (Å²) >= 11 is 0. The summed E-state index contributed by atoms with van der Waals surface area (Å²) in [5.41, 5.74) is 1.38. The first-order valence-electron chi connectivity index (χ1n) is 9.49. The maximum atomic E-state index is 11.8. The highest BCUT2D eigenvalue weighted by molar-refractivity contribution is 5.78.